The molecule has 0 saturated carbocycles. The van der Waals surface area contributed by atoms with Gasteiger partial charge in [0, 0.05) is 40.2 Å². The molecule has 0 amide bonds. The van der Waals surface area contributed by atoms with Crippen molar-refractivity contribution in [1.82, 2.24) is 24.9 Å². The molecule has 0 aliphatic heterocycles. The molecule has 0 aliphatic carbocycles. The van der Waals surface area contributed by atoms with Crippen molar-refractivity contribution in [2.45, 2.75) is 0 Å². The summed E-state index contributed by atoms with van der Waals surface area (Å²) in [5, 5.41) is 18.8. The van der Waals surface area contributed by atoms with E-state index >= 15 is 0 Å². The Morgan fingerprint density at radius 1 is 0.370 bits per heavy atom. The van der Waals surface area contributed by atoms with E-state index in [1.165, 1.54) is 0 Å². The third-order valence-corrected chi connectivity index (χ3v) is 7.51. The molecule has 0 radical (unpaired) electrons. The van der Waals surface area contributed by atoms with Gasteiger partial charge in [0.2, 0.25) is 0 Å². The SMILES string of the molecule is N#Cc1cc(C#N)cc(-c2ccc(-c3nc(-c4ccc(-c5ccccn5)cc4)nc(-c4ccc(-c5ccccn5)cc4)n3)cc2)c1. The van der Waals surface area contributed by atoms with Gasteiger partial charge in [-0.05, 0) is 53.6 Å². The van der Waals surface area contributed by atoms with Crippen LogP contribution in [0.2, 0.25) is 0 Å². The van der Waals surface area contributed by atoms with Crippen LogP contribution in [0.25, 0.3) is 67.8 Å². The fourth-order valence-corrected chi connectivity index (χ4v) is 5.15. The van der Waals surface area contributed by atoms with Crippen molar-refractivity contribution >= 4 is 0 Å². The van der Waals surface area contributed by atoms with Crippen LogP contribution in [0.1, 0.15) is 11.1 Å². The van der Waals surface area contributed by atoms with Crippen molar-refractivity contribution in [2.75, 3.05) is 0 Å². The smallest absolute Gasteiger partial charge is 0.164 e. The molecule has 3 heterocycles. The molecule has 7 heteroatoms. The van der Waals surface area contributed by atoms with Gasteiger partial charge in [0.15, 0.2) is 17.5 Å². The van der Waals surface area contributed by atoms with E-state index in [0.717, 1.165) is 50.3 Å². The Morgan fingerprint density at radius 2 is 0.739 bits per heavy atom. The van der Waals surface area contributed by atoms with Gasteiger partial charge in [-0.25, -0.2) is 15.0 Å². The molecule has 0 aliphatic rings. The maximum absolute atomic E-state index is 9.42. The molecule has 0 N–H and O–H groups in total. The lowest BCUT2D eigenvalue weighted by Crippen LogP contribution is -2.00. The Balaban J connectivity index is 1.29. The lowest BCUT2D eigenvalue weighted by atomic mass is 9.99. The second kappa shape index (κ2) is 12.4. The zero-order valence-electron chi connectivity index (χ0n) is 24.4. The van der Waals surface area contributed by atoms with Crippen LogP contribution < -0.4 is 0 Å². The van der Waals surface area contributed by atoms with E-state index in [-0.39, 0.29) is 0 Å². The first-order chi connectivity index (χ1) is 22.7. The maximum atomic E-state index is 9.42. The van der Waals surface area contributed by atoms with E-state index in [2.05, 4.69) is 22.1 Å². The molecule has 7 nitrogen and oxygen atoms in total. The highest BCUT2D eigenvalue weighted by atomic mass is 15.0. The van der Waals surface area contributed by atoms with Crippen LogP contribution in [0.4, 0.5) is 0 Å². The van der Waals surface area contributed by atoms with Gasteiger partial charge < -0.3 is 0 Å². The molecule has 46 heavy (non-hydrogen) atoms. The highest BCUT2D eigenvalue weighted by Gasteiger charge is 2.14. The summed E-state index contributed by atoms with van der Waals surface area (Å²) in [6.07, 6.45) is 3.56. The molecule has 7 rings (SSSR count). The number of hydrogen-bond acceptors (Lipinski definition) is 7. The summed E-state index contributed by atoms with van der Waals surface area (Å²) in [6.45, 7) is 0. The molecular weight excluding hydrogens is 566 g/mol. The summed E-state index contributed by atoms with van der Waals surface area (Å²) in [4.78, 5) is 23.6. The second-order valence-corrected chi connectivity index (χ2v) is 10.5. The van der Waals surface area contributed by atoms with E-state index in [1.807, 2.05) is 109 Å². The zero-order chi connectivity index (χ0) is 31.3. The monoisotopic (exact) mass is 589 g/mol. The highest BCUT2D eigenvalue weighted by Crippen LogP contribution is 2.30. The van der Waals surface area contributed by atoms with E-state index in [0.29, 0.717) is 28.6 Å². The minimum absolute atomic E-state index is 0.438. The first kappa shape index (κ1) is 28.0. The fraction of sp³-hybridized carbons (Fsp3) is 0. The van der Waals surface area contributed by atoms with Crippen molar-refractivity contribution < 1.29 is 0 Å². The summed E-state index contributed by atoms with van der Waals surface area (Å²) in [5.41, 5.74) is 8.83. The second-order valence-electron chi connectivity index (χ2n) is 10.5. The molecule has 0 atom stereocenters. The van der Waals surface area contributed by atoms with Gasteiger partial charge in [-0.15, -0.1) is 0 Å². The molecule has 0 unspecified atom stereocenters. The predicted molar refractivity (Wildman–Crippen MR) is 177 cm³/mol. The third-order valence-electron chi connectivity index (χ3n) is 7.51. The summed E-state index contributed by atoms with van der Waals surface area (Å²) >= 11 is 0. The van der Waals surface area contributed by atoms with E-state index in [4.69, 9.17) is 15.0 Å². The van der Waals surface area contributed by atoms with Gasteiger partial charge in [-0.3, -0.25) is 9.97 Å². The summed E-state index contributed by atoms with van der Waals surface area (Å²) < 4.78 is 0. The Labute approximate surface area is 265 Å². The van der Waals surface area contributed by atoms with Gasteiger partial charge in [0.25, 0.3) is 0 Å². The van der Waals surface area contributed by atoms with Crippen LogP contribution in [0.15, 0.2) is 140 Å². The van der Waals surface area contributed by atoms with Crippen molar-refractivity contribution in [3.63, 3.8) is 0 Å². The van der Waals surface area contributed by atoms with Crippen molar-refractivity contribution in [3.05, 3.63) is 151 Å². The van der Waals surface area contributed by atoms with Gasteiger partial charge >= 0.3 is 0 Å². The number of pyridine rings is 2. The largest absolute Gasteiger partial charge is 0.256 e. The zero-order valence-corrected chi connectivity index (χ0v) is 24.4. The molecule has 214 valence electrons. The summed E-state index contributed by atoms with van der Waals surface area (Å²) in [7, 11) is 0. The lowest BCUT2D eigenvalue weighted by Gasteiger charge is -2.10. The van der Waals surface area contributed by atoms with Crippen LogP contribution in [0.5, 0.6) is 0 Å². The molecule has 0 saturated heterocycles. The highest BCUT2D eigenvalue weighted by molar-refractivity contribution is 5.73. The van der Waals surface area contributed by atoms with Crippen LogP contribution >= 0.6 is 0 Å². The van der Waals surface area contributed by atoms with E-state index in [1.54, 1.807) is 30.6 Å². The average molecular weight is 590 g/mol. The number of aromatic nitrogens is 5. The Kier molecular flexibility index (Phi) is 7.55. The van der Waals surface area contributed by atoms with Crippen molar-refractivity contribution in [1.29, 1.82) is 10.5 Å². The Hall–Kier alpha value is -6.83. The standard InChI is InChI=1S/C39H23N7/c40-24-26-21-27(25-41)23-34(22-26)28-7-13-31(14-8-28)37-44-38(32-15-9-29(10-16-32)35-5-1-3-19-42-35)46-39(45-37)33-17-11-30(12-18-33)36-6-2-4-20-43-36/h1-23H. The average Bonchev–Trinajstić information content (AvgIpc) is 3.15. The number of hydrogen-bond donors (Lipinski definition) is 0. The normalized spacial score (nSPS) is 10.6. The molecule has 0 fully saturated rings. The van der Waals surface area contributed by atoms with Gasteiger partial charge in [-0.2, -0.15) is 10.5 Å². The fourth-order valence-electron chi connectivity index (χ4n) is 5.15. The van der Waals surface area contributed by atoms with Crippen molar-refractivity contribution in [2.24, 2.45) is 0 Å². The minimum Gasteiger partial charge on any atom is -0.256 e. The molecule has 0 bridgehead atoms. The van der Waals surface area contributed by atoms with Gasteiger partial charge in [-0.1, -0.05) is 84.9 Å². The van der Waals surface area contributed by atoms with Gasteiger partial charge in [0.05, 0.1) is 34.7 Å². The number of benzene rings is 4. The lowest BCUT2D eigenvalue weighted by molar-refractivity contribution is 1.07. The number of nitrogens with zero attached hydrogens (tertiary/aromatic N) is 7. The molecule has 7 aromatic rings. The molecule has 0 spiro atoms. The number of nitriles is 2. The summed E-state index contributed by atoms with van der Waals surface area (Å²) in [6, 6.07) is 44.9. The van der Waals surface area contributed by atoms with Crippen LogP contribution in [-0.4, -0.2) is 24.9 Å². The minimum atomic E-state index is 0.438. The summed E-state index contributed by atoms with van der Waals surface area (Å²) in [5.74, 6) is 1.62. The van der Waals surface area contributed by atoms with Crippen LogP contribution in [-0.2, 0) is 0 Å². The first-order valence-corrected chi connectivity index (χ1v) is 14.5. The van der Waals surface area contributed by atoms with E-state index in [9.17, 15) is 10.5 Å². The molecule has 3 aromatic heterocycles. The number of rotatable bonds is 6. The van der Waals surface area contributed by atoms with Gasteiger partial charge in [0.1, 0.15) is 0 Å². The quantitative estimate of drug-likeness (QED) is 0.191. The molecular formula is C39H23N7. The predicted octanol–water partition coefficient (Wildman–Crippen LogP) is 8.41. The Morgan fingerprint density at radius 3 is 1.09 bits per heavy atom. The third kappa shape index (κ3) is 5.85. The van der Waals surface area contributed by atoms with Crippen LogP contribution in [0, 0.1) is 22.7 Å². The Bertz CT molecular complexity index is 2100. The first-order valence-electron chi connectivity index (χ1n) is 14.5. The van der Waals surface area contributed by atoms with Crippen molar-refractivity contribution in [3.8, 4) is 79.9 Å². The van der Waals surface area contributed by atoms with E-state index < -0.39 is 0 Å². The van der Waals surface area contributed by atoms with Crippen LogP contribution in [0.3, 0.4) is 0 Å². The molecule has 4 aromatic carbocycles. The maximum Gasteiger partial charge on any atom is 0.164 e. The topological polar surface area (TPSA) is 112 Å².